The van der Waals surface area contributed by atoms with Crippen LogP contribution in [0.3, 0.4) is 0 Å². The fraction of sp³-hybridized carbons (Fsp3) is 0.350. The van der Waals surface area contributed by atoms with Gasteiger partial charge in [-0.25, -0.2) is 13.1 Å². The second-order valence-electron chi connectivity index (χ2n) is 7.04. The van der Waals surface area contributed by atoms with Gasteiger partial charge in [-0.1, -0.05) is 24.3 Å². The Morgan fingerprint density at radius 2 is 1.69 bits per heavy atom. The lowest BCUT2D eigenvalue weighted by Gasteiger charge is -2.26. The summed E-state index contributed by atoms with van der Waals surface area (Å²) in [4.78, 5) is 12.8. The molecule has 1 atom stereocenters. The number of fused-ring (bicyclic) bond motifs is 1. The van der Waals surface area contributed by atoms with Gasteiger partial charge < -0.3 is 5.32 Å². The van der Waals surface area contributed by atoms with Crippen molar-refractivity contribution in [2.24, 2.45) is 0 Å². The number of amides is 1. The van der Waals surface area contributed by atoms with E-state index < -0.39 is 10.0 Å². The molecule has 0 spiro atoms. The molecule has 6 heteroatoms. The fourth-order valence-electron chi connectivity index (χ4n) is 3.42. The summed E-state index contributed by atoms with van der Waals surface area (Å²) in [7, 11) is -3.49. The summed E-state index contributed by atoms with van der Waals surface area (Å²) in [5.74, 6) is -0.175. The maximum absolute atomic E-state index is 12.6. The number of rotatable bonds is 5. The van der Waals surface area contributed by atoms with Gasteiger partial charge in [0.1, 0.15) is 0 Å². The maximum Gasteiger partial charge on any atom is 0.251 e. The first-order valence-electron chi connectivity index (χ1n) is 9.04. The van der Waals surface area contributed by atoms with Crippen molar-refractivity contribution in [3.05, 3.63) is 65.2 Å². The average Bonchev–Trinajstić information content (AvgIpc) is 3.45. The van der Waals surface area contributed by atoms with Crippen molar-refractivity contribution < 1.29 is 13.2 Å². The van der Waals surface area contributed by atoms with Crippen LogP contribution in [0.4, 0.5) is 0 Å². The molecular weight excluding hydrogens is 348 g/mol. The summed E-state index contributed by atoms with van der Waals surface area (Å²) < 4.78 is 27.1. The molecule has 1 saturated carbocycles. The summed E-state index contributed by atoms with van der Waals surface area (Å²) in [5, 5.41) is 3.09. The van der Waals surface area contributed by atoms with Gasteiger partial charge in [-0.05, 0) is 67.5 Å². The highest BCUT2D eigenvalue weighted by molar-refractivity contribution is 7.89. The fourth-order valence-corrected chi connectivity index (χ4v) is 4.72. The number of nitrogens with one attached hydrogen (secondary N) is 2. The molecule has 26 heavy (non-hydrogen) atoms. The predicted molar refractivity (Wildman–Crippen MR) is 99.4 cm³/mol. The minimum Gasteiger partial charge on any atom is -0.345 e. The third-order valence-corrected chi connectivity index (χ3v) is 6.54. The molecule has 136 valence electrons. The molecule has 5 nitrogen and oxygen atoms in total. The molecule has 0 heterocycles. The lowest BCUT2D eigenvalue weighted by atomic mass is 9.87. The highest BCUT2D eigenvalue weighted by atomic mass is 32.2. The van der Waals surface area contributed by atoms with E-state index in [1.165, 1.54) is 23.3 Å². The van der Waals surface area contributed by atoms with Gasteiger partial charge in [0.05, 0.1) is 10.9 Å². The van der Waals surface area contributed by atoms with Crippen molar-refractivity contribution in [2.45, 2.75) is 49.1 Å². The first-order chi connectivity index (χ1) is 12.5. The Morgan fingerprint density at radius 3 is 2.42 bits per heavy atom. The van der Waals surface area contributed by atoms with E-state index in [1.807, 2.05) is 12.1 Å². The molecule has 1 fully saturated rings. The van der Waals surface area contributed by atoms with Crippen LogP contribution in [0.25, 0.3) is 0 Å². The molecule has 2 aliphatic rings. The van der Waals surface area contributed by atoms with Gasteiger partial charge in [-0.3, -0.25) is 4.79 Å². The number of hydrogen-bond acceptors (Lipinski definition) is 3. The van der Waals surface area contributed by atoms with E-state index in [2.05, 4.69) is 22.2 Å². The molecule has 1 unspecified atom stereocenters. The molecule has 1 amide bonds. The Labute approximate surface area is 153 Å². The van der Waals surface area contributed by atoms with Crippen LogP contribution >= 0.6 is 0 Å². The maximum atomic E-state index is 12.6. The topological polar surface area (TPSA) is 75.3 Å². The van der Waals surface area contributed by atoms with E-state index in [0.717, 1.165) is 32.1 Å². The lowest BCUT2D eigenvalue weighted by molar-refractivity contribution is 0.0932. The van der Waals surface area contributed by atoms with Crippen molar-refractivity contribution in [2.75, 3.05) is 0 Å². The second kappa shape index (κ2) is 6.85. The molecule has 2 N–H and O–H groups in total. The molecular formula is C20H22N2O3S. The summed E-state index contributed by atoms with van der Waals surface area (Å²) in [6.45, 7) is 0. The standard InChI is InChI=1S/C20H22N2O3S/c23-20(21-19-7-3-5-14-4-1-2-6-18(14)19)15-8-12-17(13-9-15)26(24,25)22-16-10-11-16/h1-2,4,6,8-9,12-13,16,19,22H,3,5,7,10-11H2,(H,21,23). The zero-order valence-corrected chi connectivity index (χ0v) is 15.3. The highest BCUT2D eigenvalue weighted by Gasteiger charge is 2.28. The number of hydrogen-bond donors (Lipinski definition) is 2. The summed E-state index contributed by atoms with van der Waals surface area (Å²) in [6, 6.07) is 14.4. The third-order valence-electron chi connectivity index (χ3n) is 5.00. The van der Waals surface area contributed by atoms with E-state index >= 15 is 0 Å². The SMILES string of the molecule is O=C(NC1CCCc2ccccc21)c1ccc(S(=O)(=O)NC2CC2)cc1. The largest absolute Gasteiger partial charge is 0.345 e. The van der Waals surface area contributed by atoms with E-state index in [4.69, 9.17) is 0 Å². The van der Waals surface area contributed by atoms with Gasteiger partial charge in [0.25, 0.3) is 5.91 Å². The Morgan fingerprint density at radius 1 is 0.962 bits per heavy atom. The molecule has 0 radical (unpaired) electrons. The summed E-state index contributed by atoms with van der Waals surface area (Å²) >= 11 is 0. The van der Waals surface area contributed by atoms with Gasteiger partial charge >= 0.3 is 0 Å². The quantitative estimate of drug-likeness (QED) is 0.850. The molecule has 0 aromatic heterocycles. The molecule has 0 bridgehead atoms. The number of sulfonamides is 1. The first-order valence-corrected chi connectivity index (χ1v) is 10.5. The van der Waals surface area contributed by atoms with Crippen LogP contribution < -0.4 is 10.0 Å². The van der Waals surface area contributed by atoms with Gasteiger partial charge in [-0.15, -0.1) is 0 Å². The third kappa shape index (κ3) is 3.66. The minimum absolute atomic E-state index is 0.00684. The molecule has 2 aromatic carbocycles. The molecule has 4 rings (SSSR count). The Kier molecular flexibility index (Phi) is 4.54. The monoisotopic (exact) mass is 370 g/mol. The number of benzene rings is 2. The normalized spacial score (nSPS) is 19.6. The second-order valence-corrected chi connectivity index (χ2v) is 8.75. The van der Waals surface area contributed by atoms with E-state index in [1.54, 1.807) is 12.1 Å². The van der Waals surface area contributed by atoms with Crippen LogP contribution in [0.1, 0.15) is 53.2 Å². The first kappa shape index (κ1) is 17.2. The van der Waals surface area contributed by atoms with Gasteiger partial charge in [0, 0.05) is 11.6 Å². The Balaban J connectivity index is 1.47. The highest BCUT2D eigenvalue weighted by Crippen LogP contribution is 2.29. The van der Waals surface area contributed by atoms with Crippen LogP contribution in [0.5, 0.6) is 0 Å². The van der Waals surface area contributed by atoms with Crippen molar-refractivity contribution in [1.82, 2.24) is 10.0 Å². The van der Waals surface area contributed by atoms with E-state index in [0.29, 0.717) is 5.56 Å². The van der Waals surface area contributed by atoms with Gasteiger partial charge in [0.15, 0.2) is 0 Å². The lowest BCUT2D eigenvalue weighted by Crippen LogP contribution is -2.31. The molecule has 2 aliphatic carbocycles. The van der Waals surface area contributed by atoms with Crippen molar-refractivity contribution in [1.29, 1.82) is 0 Å². The van der Waals surface area contributed by atoms with E-state index in [9.17, 15) is 13.2 Å². The van der Waals surface area contributed by atoms with Crippen molar-refractivity contribution in [3.63, 3.8) is 0 Å². The zero-order chi connectivity index (χ0) is 18.1. The van der Waals surface area contributed by atoms with Crippen molar-refractivity contribution >= 4 is 15.9 Å². The number of aryl methyl sites for hydroxylation is 1. The van der Waals surface area contributed by atoms with Crippen molar-refractivity contribution in [3.8, 4) is 0 Å². The van der Waals surface area contributed by atoms with Gasteiger partial charge in [-0.2, -0.15) is 0 Å². The molecule has 0 saturated heterocycles. The zero-order valence-electron chi connectivity index (χ0n) is 14.4. The summed E-state index contributed by atoms with van der Waals surface area (Å²) in [6.07, 6.45) is 4.79. The van der Waals surface area contributed by atoms with E-state index in [-0.39, 0.29) is 22.9 Å². The predicted octanol–water partition coefficient (Wildman–Crippen LogP) is 2.93. The van der Waals surface area contributed by atoms with Crippen LogP contribution in [0.15, 0.2) is 53.4 Å². The van der Waals surface area contributed by atoms with Crippen LogP contribution in [-0.4, -0.2) is 20.4 Å². The molecule has 2 aromatic rings. The Hall–Kier alpha value is -2.18. The van der Waals surface area contributed by atoms with Crippen LogP contribution in [0, 0.1) is 0 Å². The average molecular weight is 370 g/mol. The van der Waals surface area contributed by atoms with Crippen LogP contribution in [-0.2, 0) is 16.4 Å². The van der Waals surface area contributed by atoms with Crippen LogP contribution in [0.2, 0.25) is 0 Å². The number of carbonyl (C=O) groups is 1. The number of carbonyl (C=O) groups excluding carboxylic acids is 1. The molecule has 0 aliphatic heterocycles. The Bertz CT molecular complexity index is 918. The van der Waals surface area contributed by atoms with Gasteiger partial charge in [0.2, 0.25) is 10.0 Å². The minimum atomic E-state index is -3.49. The summed E-state index contributed by atoms with van der Waals surface area (Å²) in [5.41, 5.74) is 2.94. The smallest absolute Gasteiger partial charge is 0.251 e.